The molecule has 0 unspecified atom stereocenters. The number of amides is 1. The molecular weight excluding hydrogens is 246 g/mol. The van der Waals surface area contributed by atoms with Crippen LogP contribution in [0.15, 0.2) is 12.4 Å². The van der Waals surface area contributed by atoms with Crippen LogP contribution in [0.3, 0.4) is 0 Å². The Morgan fingerprint density at radius 1 is 1.53 bits per heavy atom. The minimum atomic E-state index is -0.520. The fourth-order valence-electron chi connectivity index (χ4n) is 2.08. The first-order chi connectivity index (χ1) is 8.73. The molecule has 0 aromatic heterocycles. The van der Waals surface area contributed by atoms with Gasteiger partial charge >= 0.3 is 6.09 Å². The van der Waals surface area contributed by atoms with Gasteiger partial charge in [0.25, 0.3) is 0 Å². The maximum atomic E-state index is 12.1. The summed E-state index contributed by atoms with van der Waals surface area (Å²) in [5.41, 5.74) is 10.7. The SMILES string of the molecule is CC(C)(C)OC(=O)N1C[C@H](N)C[C@H]1CN(N)/C=C\N. The second kappa shape index (κ2) is 6.12. The minimum absolute atomic E-state index is 0.0484. The lowest BCUT2D eigenvalue weighted by Gasteiger charge is -2.30. The molecule has 1 rings (SSSR count). The maximum absolute atomic E-state index is 12.1. The molecule has 1 fully saturated rings. The number of carbonyl (C=O) groups is 1. The van der Waals surface area contributed by atoms with E-state index in [9.17, 15) is 4.79 Å². The Morgan fingerprint density at radius 3 is 2.68 bits per heavy atom. The average Bonchev–Trinajstić information content (AvgIpc) is 2.57. The Kier molecular flexibility index (Phi) is 5.02. The number of hydrogen-bond donors (Lipinski definition) is 3. The van der Waals surface area contributed by atoms with Gasteiger partial charge in [-0.3, -0.25) is 0 Å². The van der Waals surface area contributed by atoms with Gasteiger partial charge in [-0.05, 0) is 27.2 Å². The topological polar surface area (TPSA) is 111 Å². The molecule has 1 aliphatic heterocycles. The Hall–Kier alpha value is -1.47. The summed E-state index contributed by atoms with van der Waals surface area (Å²) >= 11 is 0. The van der Waals surface area contributed by atoms with Gasteiger partial charge in [-0.25, -0.2) is 10.6 Å². The summed E-state index contributed by atoms with van der Waals surface area (Å²) < 4.78 is 5.37. The molecule has 110 valence electrons. The van der Waals surface area contributed by atoms with Gasteiger partial charge in [0.05, 0.1) is 12.6 Å². The Labute approximate surface area is 114 Å². The second-order valence-electron chi connectivity index (χ2n) is 5.82. The standard InChI is InChI=1S/C12H25N5O2/c1-12(2,3)19-11(18)17-7-9(14)6-10(17)8-16(15)5-4-13/h4-5,9-10H,6-8,13-15H2,1-3H3/b5-4-/t9-,10+/m1/s1. The molecule has 0 aromatic carbocycles. The quantitative estimate of drug-likeness (QED) is 0.489. The summed E-state index contributed by atoms with van der Waals surface area (Å²) in [6.45, 7) is 6.47. The van der Waals surface area contributed by atoms with Gasteiger partial charge in [0.2, 0.25) is 0 Å². The monoisotopic (exact) mass is 271 g/mol. The van der Waals surface area contributed by atoms with Gasteiger partial charge < -0.3 is 26.1 Å². The molecule has 19 heavy (non-hydrogen) atoms. The van der Waals surface area contributed by atoms with Crippen LogP contribution in [-0.2, 0) is 4.74 Å². The van der Waals surface area contributed by atoms with Crippen LogP contribution >= 0.6 is 0 Å². The number of ether oxygens (including phenoxy) is 1. The van der Waals surface area contributed by atoms with Crippen molar-refractivity contribution in [2.75, 3.05) is 13.1 Å². The van der Waals surface area contributed by atoms with E-state index in [0.717, 1.165) is 0 Å². The van der Waals surface area contributed by atoms with E-state index in [4.69, 9.17) is 22.0 Å². The van der Waals surface area contributed by atoms with Gasteiger partial charge in [0.1, 0.15) is 5.60 Å². The maximum Gasteiger partial charge on any atom is 0.410 e. The van der Waals surface area contributed by atoms with Crippen molar-refractivity contribution in [2.45, 2.75) is 44.9 Å². The largest absolute Gasteiger partial charge is 0.444 e. The third-order valence-corrected chi connectivity index (χ3v) is 2.77. The molecule has 0 spiro atoms. The highest BCUT2D eigenvalue weighted by atomic mass is 16.6. The van der Waals surface area contributed by atoms with Crippen molar-refractivity contribution in [3.05, 3.63) is 12.4 Å². The van der Waals surface area contributed by atoms with Crippen molar-refractivity contribution in [3.8, 4) is 0 Å². The fraction of sp³-hybridized carbons (Fsp3) is 0.750. The number of hydrogen-bond acceptors (Lipinski definition) is 6. The molecule has 0 bridgehead atoms. The lowest BCUT2D eigenvalue weighted by atomic mass is 10.2. The normalized spacial score (nSPS) is 23.9. The van der Waals surface area contributed by atoms with Crippen LogP contribution in [0, 0.1) is 0 Å². The third kappa shape index (κ3) is 4.96. The fourth-order valence-corrected chi connectivity index (χ4v) is 2.08. The van der Waals surface area contributed by atoms with E-state index in [-0.39, 0.29) is 18.2 Å². The van der Waals surface area contributed by atoms with Gasteiger partial charge in [-0.1, -0.05) is 0 Å². The third-order valence-electron chi connectivity index (χ3n) is 2.77. The first-order valence-electron chi connectivity index (χ1n) is 6.38. The first kappa shape index (κ1) is 15.6. The Morgan fingerprint density at radius 2 is 2.16 bits per heavy atom. The average molecular weight is 271 g/mol. The molecule has 1 saturated heterocycles. The predicted molar refractivity (Wildman–Crippen MR) is 73.5 cm³/mol. The zero-order valence-electron chi connectivity index (χ0n) is 11.9. The van der Waals surface area contributed by atoms with E-state index in [1.54, 1.807) is 11.1 Å². The van der Waals surface area contributed by atoms with E-state index >= 15 is 0 Å². The number of nitrogens with two attached hydrogens (primary N) is 3. The summed E-state index contributed by atoms with van der Waals surface area (Å²) in [6, 6.07) is -0.112. The molecule has 0 radical (unpaired) electrons. The van der Waals surface area contributed by atoms with Gasteiger partial charge in [0, 0.05) is 25.0 Å². The molecule has 1 heterocycles. The second-order valence-corrected chi connectivity index (χ2v) is 5.82. The summed E-state index contributed by atoms with van der Waals surface area (Å²) in [4.78, 5) is 13.7. The van der Waals surface area contributed by atoms with Gasteiger partial charge in [-0.2, -0.15) is 0 Å². The minimum Gasteiger partial charge on any atom is -0.444 e. The van der Waals surface area contributed by atoms with Gasteiger partial charge in [0.15, 0.2) is 0 Å². The molecule has 1 amide bonds. The molecule has 0 saturated carbocycles. The molecule has 7 heteroatoms. The smallest absolute Gasteiger partial charge is 0.410 e. The van der Waals surface area contributed by atoms with Crippen LogP contribution in [0.25, 0.3) is 0 Å². The van der Waals surface area contributed by atoms with E-state index in [0.29, 0.717) is 19.5 Å². The van der Waals surface area contributed by atoms with Crippen LogP contribution in [0.4, 0.5) is 4.79 Å². The van der Waals surface area contributed by atoms with Crippen molar-refractivity contribution < 1.29 is 9.53 Å². The predicted octanol–water partition coefficient (Wildman–Crippen LogP) is -0.0713. The molecule has 6 N–H and O–H groups in total. The highest BCUT2D eigenvalue weighted by molar-refractivity contribution is 5.69. The van der Waals surface area contributed by atoms with Gasteiger partial charge in [-0.15, -0.1) is 0 Å². The summed E-state index contributed by atoms with van der Waals surface area (Å²) in [5, 5.41) is 1.44. The highest BCUT2D eigenvalue weighted by Gasteiger charge is 2.36. The summed E-state index contributed by atoms with van der Waals surface area (Å²) in [7, 11) is 0. The summed E-state index contributed by atoms with van der Waals surface area (Å²) in [5.74, 6) is 5.75. The van der Waals surface area contributed by atoms with E-state index in [1.165, 1.54) is 11.2 Å². The number of likely N-dealkylation sites (tertiary alicyclic amines) is 1. The number of carbonyl (C=O) groups excluding carboxylic acids is 1. The van der Waals surface area contributed by atoms with Crippen LogP contribution in [-0.4, -0.2) is 46.8 Å². The van der Waals surface area contributed by atoms with Crippen molar-refractivity contribution >= 4 is 6.09 Å². The molecule has 0 aromatic rings. The highest BCUT2D eigenvalue weighted by Crippen LogP contribution is 2.20. The van der Waals surface area contributed by atoms with Crippen LogP contribution in [0.2, 0.25) is 0 Å². The number of rotatable bonds is 3. The lowest BCUT2D eigenvalue weighted by molar-refractivity contribution is 0.0206. The van der Waals surface area contributed by atoms with E-state index in [1.807, 2.05) is 20.8 Å². The molecule has 2 atom stereocenters. The van der Waals surface area contributed by atoms with Crippen molar-refractivity contribution in [2.24, 2.45) is 17.3 Å². The van der Waals surface area contributed by atoms with E-state index < -0.39 is 5.60 Å². The molecule has 0 aliphatic carbocycles. The van der Waals surface area contributed by atoms with Crippen LogP contribution in [0.5, 0.6) is 0 Å². The van der Waals surface area contributed by atoms with Crippen LogP contribution < -0.4 is 17.3 Å². The van der Waals surface area contributed by atoms with E-state index in [2.05, 4.69) is 0 Å². The van der Waals surface area contributed by atoms with Crippen molar-refractivity contribution in [1.29, 1.82) is 0 Å². The molecule has 1 aliphatic rings. The zero-order chi connectivity index (χ0) is 14.6. The van der Waals surface area contributed by atoms with Crippen LogP contribution in [0.1, 0.15) is 27.2 Å². The van der Waals surface area contributed by atoms with Crippen molar-refractivity contribution in [3.63, 3.8) is 0 Å². The van der Waals surface area contributed by atoms with Crippen molar-refractivity contribution in [1.82, 2.24) is 9.91 Å². The Balaban J connectivity index is 2.66. The zero-order valence-corrected chi connectivity index (χ0v) is 11.9. The Bertz CT molecular complexity index is 340. The molecule has 7 nitrogen and oxygen atoms in total. The lowest BCUT2D eigenvalue weighted by Crippen LogP contribution is -2.45. The summed E-state index contributed by atoms with van der Waals surface area (Å²) in [6.07, 6.45) is 3.25. The first-order valence-corrected chi connectivity index (χ1v) is 6.38. The number of nitrogens with zero attached hydrogens (tertiary/aromatic N) is 2. The molecular formula is C12H25N5O2. The number of hydrazine groups is 1.